The minimum atomic E-state index is -0.121. The van der Waals surface area contributed by atoms with Crippen molar-refractivity contribution >= 4 is 11.6 Å². The maximum absolute atomic E-state index is 12.9. The lowest BCUT2D eigenvalue weighted by atomic mass is 10.1. The quantitative estimate of drug-likeness (QED) is 0.696. The van der Waals surface area contributed by atoms with Gasteiger partial charge in [-0.25, -0.2) is 15.0 Å². The summed E-state index contributed by atoms with van der Waals surface area (Å²) in [6, 6.07) is 4.16. The van der Waals surface area contributed by atoms with E-state index in [2.05, 4.69) is 20.1 Å². The SMILES string of the molecule is COc1ncc(-c2cc(C)c3c(n2)CN(c2cnn(CC#N)c2)C3=O)cn1. The lowest BCUT2D eigenvalue weighted by Gasteiger charge is -2.11. The van der Waals surface area contributed by atoms with Gasteiger partial charge < -0.3 is 4.74 Å². The molecule has 0 aliphatic carbocycles. The molecule has 3 aromatic rings. The van der Waals surface area contributed by atoms with Gasteiger partial charge in [0, 0.05) is 24.2 Å². The molecule has 0 unspecified atom stereocenters. The molecule has 0 saturated heterocycles. The summed E-state index contributed by atoms with van der Waals surface area (Å²) in [6.07, 6.45) is 6.54. The number of rotatable bonds is 4. The first-order valence-electron chi connectivity index (χ1n) is 8.19. The Morgan fingerprint density at radius 2 is 2.07 bits per heavy atom. The fraction of sp³-hybridized carbons (Fsp3) is 0.222. The molecule has 1 aliphatic rings. The first kappa shape index (κ1) is 16.7. The molecule has 0 fully saturated rings. The van der Waals surface area contributed by atoms with Gasteiger partial charge >= 0.3 is 6.01 Å². The minimum Gasteiger partial charge on any atom is -0.467 e. The minimum absolute atomic E-state index is 0.121. The van der Waals surface area contributed by atoms with Crippen LogP contribution in [0.1, 0.15) is 21.6 Å². The van der Waals surface area contributed by atoms with E-state index in [0.29, 0.717) is 29.2 Å². The van der Waals surface area contributed by atoms with Crippen molar-refractivity contribution in [3.05, 3.63) is 47.7 Å². The standard InChI is InChI=1S/C18H15N7O2/c1-11-5-14(12-6-20-18(27-2)21-7-12)23-15-10-25(17(26)16(11)15)13-8-22-24(9-13)4-3-19/h5-9H,4,10H2,1-2H3. The van der Waals surface area contributed by atoms with Crippen LogP contribution < -0.4 is 9.64 Å². The lowest BCUT2D eigenvalue weighted by Crippen LogP contribution is -2.22. The number of nitriles is 1. The van der Waals surface area contributed by atoms with Crippen molar-refractivity contribution in [1.29, 1.82) is 5.26 Å². The number of hydrogen-bond donors (Lipinski definition) is 0. The normalized spacial score (nSPS) is 12.8. The van der Waals surface area contributed by atoms with E-state index < -0.39 is 0 Å². The van der Waals surface area contributed by atoms with Crippen molar-refractivity contribution in [2.45, 2.75) is 20.0 Å². The molecule has 9 nitrogen and oxygen atoms in total. The van der Waals surface area contributed by atoms with Crippen molar-refractivity contribution in [3.63, 3.8) is 0 Å². The third-order valence-corrected chi connectivity index (χ3v) is 4.33. The van der Waals surface area contributed by atoms with Crippen LogP contribution in [0.4, 0.5) is 5.69 Å². The van der Waals surface area contributed by atoms with Crippen LogP contribution in [-0.4, -0.2) is 37.7 Å². The molecule has 134 valence electrons. The highest BCUT2D eigenvalue weighted by atomic mass is 16.5. The number of carbonyl (C=O) groups excluding carboxylic acids is 1. The Kier molecular flexibility index (Phi) is 4.01. The molecule has 0 spiro atoms. The summed E-state index contributed by atoms with van der Waals surface area (Å²) >= 11 is 0. The number of anilines is 1. The molecule has 4 rings (SSSR count). The molecular weight excluding hydrogens is 346 g/mol. The summed E-state index contributed by atoms with van der Waals surface area (Å²) in [6.45, 7) is 2.36. The number of hydrogen-bond acceptors (Lipinski definition) is 7. The highest BCUT2D eigenvalue weighted by molar-refractivity contribution is 6.10. The van der Waals surface area contributed by atoms with Crippen LogP contribution in [0.2, 0.25) is 0 Å². The molecule has 0 N–H and O–H groups in total. The average Bonchev–Trinajstić information content (AvgIpc) is 3.26. The Labute approximate surface area is 154 Å². The van der Waals surface area contributed by atoms with Gasteiger partial charge in [0.1, 0.15) is 6.54 Å². The molecule has 0 radical (unpaired) electrons. The van der Waals surface area contributed by atoms with Crippen LogP contribution in [0.25, 0.3) is 11.3 Å². The van der Waals surface area contributed by atoms with Crippen LogP contribution in [0.3, 0.4) is 0 Å². The van der Waals surface area contributed by atoms with Gasteiger partial charge in [-0.05, 0) is 18.6 Å². The maximum atomic E-state index is 12.9. The highest BCUT2D eigenvalue weighted by Crippen LogP contribution is 2.31. The van der Waals surface area contributed by atoms with Gasteiger partial charge in [0.25, 0.3) is 5.91 Å². The van der Waals surface area contributed by atoms with Crippen molar-refractivity contribution in [2.75, 3.05) is 12.0 Å². The van der Waals surface area contributed by atoms with Gasteiger partial charge in [0.2, 0.25) is 0 Å². The molecular formula is C18H15N7O2. The zero-order valence-electron chi connectivity index (χ0n) is 14.7. The average molecular weight is 361 g/mol. The van der Waals surface area contributed by atoms with Crippen LogP contribution in [0.15, 0.2) is 30.9 Å². The number of ether oxygens (including phenoxy) is 1. The van der Waals surface area contributed by atoms with Crippen LogP contribution >= 0.6 is 0 Å². The Morgan fingerprint density at radius 1 is 1.30 bits per heavy atom. The van der Waals surface area contributed by atoms with Crippen molar-refractivity contribution in [3.8, 4) is 23.3 Å². The Hall–Kier alpha value is -3.80. The van der Waals surface area contributed by atoms with E-state index in [-0.39, 0.29) is 18.5 Å². The second-order valence-corrected chi connectivity index (χ2v) is 6.05. The summed E-state index contributed by atoms with van der Waals surface area (Å²) in [5.74, 6) is -0.121. The van der Waals surface area contributed by atoms with Crippen LogP contribution in [-0.2, 0) is 13.1 Å². The molecule has 9 heteroatoms. The number of methoxy groups -OCH3 is 1. The number of aromatic nitrogens is 5. The third kappa shape index (κ3) is 2.87. The first-order chi connectivity index (χ1) is 13.1. The zero-order chi connectivity index (χ0) is 19.0. The van der Waals surface area contributed by atoms with Gasteiger partial charge in [0.05, 0.1) is 48.6 Å². The molecule has 27 heavy (non-hydrogen) atoms. The number of nitrogens with zero attached hydrogens (tertiary/aromatic N) is 7. The smallest absolute Gasteiger partial charge is 0.316 e. The summed E-state index contributed by atoms with van der Waals surface area (Å²) < 4.78 is 6.47. The molecule has 1 amide bonds. The fourth-order valence-corrected chi connectivity index (χ4v) is 3.06. The number of fused-ring (bicyclic) bond motifs is 1. The lowest BCUT2D eigenvalue weighted by molar-refractivity contribution is 0.0996. The number of carbonyl (C=O) groups is 1. The molecule has 0 atom stereocenters. The second-order valence-electron chi connectivity index (χ2n) is 6.05. The topological polar surface area (TPSA) is 110 Å². The summed E-state index contributed by atoms with van der Waals surface area (Å²) in [4.78, 5) is 27.3. The summed E-state index contributed by atoms with van der Waals surface area (Å²) in [5, 5.41) is 12.9. The van der Waals surface area contributed by atoms with E-state index in [0.717, 1.165) is 11.1 Å². The number of pyridine rings is 1. The van der Waals surface area contributed by atoms with Gasteiger partial charge in [-0.2, -0.15) is 10.4 Å². The van der Waals surface area contributed by atoms with Crippen LogP contribution in [0.5, 0.6) is 6.01 Å². The number of amides is 1. The van der Waals surface area contributed by atoms with Crippen molar-refractivity contribution < 1.29 is 9.53 Å². The maximum Gasteiger partial charge on any atom is 0.316 e. The van der Waals surface area contributed by atoms with E-state index in [1.807, 2.05) is 19.1 Å². The third-order valence-electron chi connectivity index (χ3n) is 4.33. The highest BCUT2D eigenvalue weighted by Gasteiger charge is 2.32. The van der Waals surface area contributed by atoms with E-state index in [4.69, 9.17) is 10.00 Å². The van der Waals surface area contributed by atoms with E-state index in [1.165, 1.54) is 11.8 Å². The molecule has 3 aromatic heterocycles. The largest absolute Gasteiger partial charge is 0.467 e. The molecule has 1 aliphatic heterocycles. The molecule has 0 bridgehead atoms. The first-order valence-corrected chi connectivity index (χ1v) is 8.19. The zero-order valence-corrected chi connectivity index (χ0v) is 14.7. The van der Waals surface area contributed by atoms with Crippen molar-refractivity contribution in [1.82, 2.24) is 24.7 Å². The second kappa shape index (κ2) is 6.49. The summed E-state index contributed by atoms with van der Waals surface area (Å²) in [5.41, 5.74) is 4.21. The fourth-order valence-electron chi connectivity index (χ4n) is 3.06. The Morgan fingerprint density at radius 3 is 2.78 bits per heavy atom. The predicted molar refractivity (Wildman–Crippen MR) is 94.9 cm³/mol. The summed E-state index contributed by atoms with van der Waals surface area (Å²) in [7, 11) is 1.51. The van der Waals surface area contributed by atoms with E-state index >= 15 is 0 Å². The van der Waals surface area contributed by atoms with E-state index in [9.17, 15) is 4.79 Å². The Bertz CT molecular complexity index is 1070. The predicted octanol–water partition coefficient (Wildman–Crippen LogP) is 1.74. The van der Waals surface area contributed by atoms with Gasteiger partial charge in [0.15, 0.2) is 0 Å². The Balaban J connectivity index is 1.68. The molecule has 0 aromatic carbocycles. The van der Waals surface area contributed by atoms with Gasteiger partial charge in [-0.15, -0.1) is 0 Å². The van der Waals surface area contributed by atoms with E-state index in [1.54, 1.807) is 29.7 Å². The monoisotopic (exact) mass is 361 g/mol. The van der Waals surface area contributed by atoms with Gasteiger partial charge in [-0.3, -0.25) is 14.4 Å². The molecule has 0 saturated carbocycles. The van der Waals surface area contributed by atoms with Gasteiger partial charge in [-0.1, -0.05) is 0 Å². The van der Waals surface area contributed by atoms with Crippen molar-refractivity contribution in [2.24, 2.45) is 0 Å². The van der Waals surface area contributed by atoms with Crippen LogP contribution in [0, 0.1) is 18.3 Å². The number of aryl methyl sites for hydroxylation is 1. The molecule has 4 heterocycles.